The molecule has 16 heavy (non-hydrogen) atoms. The molecule has 84 valence electrons. The van der Waals surface area contributed by atoms with E-state index in [1.165, 1.54) is 24.2 Å². The summed E-state index contributed by atoms with van der Waals surface area (Å²) in [5.74, 6) is -0.362. The van der Waals surface area contributed by atoms with Crippen LogP contribution in [-0.4, -0.2) is 19.9 Å². The summed E-state index contributed by atoms with van der Waals surface area (Å²) >= 11 is 1.20. The van der Waals surface area contributed by atoms with Crippen LogP contribution < -0.4 is 0 Å². The van der Waals surface area contributed by atoms with Crippen LogP contribution >= 0.6 is 11.8 Å². The van der Waals surface area contributed by atoms with Gasteiger partial charge in [0, 0.05) is 7.05 Å². The lowest BCUT2D eigenvalue weighted by Crippen LogP contribution is -1.94. The lowest BCUT2D eigenvalue weighted by atomic mass is 10.2. The minimum atomic E-state index is -0.362. The Morgan fingerprint density at radius 2 is 2.31 bits per heavy atom. The fourth-order valence-corrected chi connectivity index (χ4v) is 1.97. The molecule has 0 bridgehead atoms. The highest BCUT2D eigenvalue weighted by atomic mass is 32.2. The molecule has 0 spiro atoms. The van der Waals surface area contributed by atoms with Crippen molar-refractivity contribution in [2.75, 3.05) is 0 Å². The topological polar surface area (TPSA) is 50.9 Å². The van der Waals surface area contributed by atoms with Crippen LogP contribution in [0.5, 0.6) is 0 Å². The third-order valence-electron chi connectivity index (χ3n) is 2.05. The number of aromatic nitrogens is 3. The van der Waals surface area contributed by atoms with Crippen molar-refractivity contribution in [2.45, 2.75) is 16.7 Å². The number of hydrogen-bond acceptors (Lipinski definition) is 4. The average molecular weight is 239 g/mol. The van der Waals surface area contributed by atoms with Gasteiger partial charge in [0.15, 0.2) is 5.16 Å². The molecule has 0 aliphatic rings. The number of rotatable bonds is 3. The molecule has 2 rings (SSSR count). The Labute approximate surface area is 96.1 Å². The van der Waals surface area contributed by atoms with Gasteiger partial charge in [0.2, 0.25) is 0 Å². The van der Waals surface area contributed by atoms with Gasteiger partial charge >= 0.3 is 0 Å². The van der Waals surface area contributed by atoms with E-state index < -0.39 is 0 Å². The van der Waals surface area contributed by atoms with Crippen molar-refractivity contribution in [1.29, 1.82) is 0 Å². The standard InChI is InChI=1S/C10H10FN3OS/c1-14-10(12-6-13-14)16-9-3-2-7(5-15)4-8(9)11/h2-4,6,15H,5H2,1H3. The third-order valence-corrected chi connectivity index (χ3v) is 3.15. The van der Waals surface area contributed by atoms with Gasteiger partial charge in [-0.2, -0.15) is 5.10 Å². The van der Waals surface area contributed by atoms with E-state index in [-0.39, 0.29) is 12.4 Å². The van der Waals surface area contributed by atoms with Crippen LogP contribution in [0.2, 0.25) is 0 Å². The van der Waals surface area contributed by atoms with Crippen LogP contribution in [-0.2, 0) is 13.7 Å². The summed E-state index contributed by atoms with van der Waals surface area (Å²) in [6, 6.07) is 4.63. The van der Waals surface area contributed by atoms with Gasteiger partial charge < -0.3 is 5.11 Å². The van der Waals surface area contributed by atoms with Crippen molar-refractivity contribution in [3.8, 4) is 0 Å². The number of halogens is 1. The largest absolute Gasteiger partial charge is 0.392 e. The first kappa shape index (κ1) is 11.1. The fourth-order valence-electron chi connectivity index (χ4n) is 1.20. The number of aryl methyl sites for hydroxylation is 1. The second-order valence-corrected chi connectivity index (χ2v) is 4.20. The highest BCUT2D eigenvalue weighted by Gasteiger charge is 2.08. The van der Waals surface area contributed by atoms with E-state index in [0.29, 0.717) is 15.6 Å². The van der Waals surface area contributed by atoms with E-state index in [0.717, 1.165) is 0 Å². The van der Waals surface area contributed by atoms with Crippen LogP contribution in [0.15, 0.2) is 34.6 Å². The van der Waals surface area contributed by atoms with Crippen molar-refractivity contribution in [3.05, 3.63) is 35.9 Å². The van der Waals surface area contributed by atoms with Crippen molar-refractivity contribution < 1.29 is 9.50 Å². The van der Waals surface area contributed by atoms with E-state index in [1.807, 2.05) is 0 Å². The molecule has 4 nitrogen and oxygen atoms in total. The molecule has 0 saturated carbocycles. The summed E-state index contributed by atoms with van der Waals surface area (Å²) in [6.07, 6.45) is 1.42. The van der Waals surface area contributed by atoms with Gasteiger partial charge in [-0.25, -0.2) is 14.1 Å². The molecule has 0 atom stereocenters. The number of aliphatic hydroxyl groups excluding tert-OH is 1. The quantitative estimate of drug-likeness (QED) is 0.883. The van der Waals surface area contributed by atoms with Gasteiger partial charge in [-0.05, 0) is 29.5 Å². The van der Waals surface area contributed by atoms with Gasteiger partial charge in [0.1, 0.15) is 12.1 Å². The van der Waals surface area contributed by atoms with E-state index in [1.54, 1.807) is 23.9 Å². The van der Waals surface area contributed by atoms with Crippen LogP contribution in [0.4, 0.5) is 4.39 Å². The van der Waals surface area contributed by atoms with Gasteiger partial charge in [0.05, 0.1) is 11.5 Å². The first-order valence-electron chi connectivity index (χ1n) is 4.62. The molecule has 1 heterocycles. The minimum absolute atomic E-state index is 0.161. The minimum Gasteiger partial charge on any atom is -0.392 e. The summed E-state index contributed by atoms with van der Waals surface area (Å²) < 4.78 is 15.1. The lowest BCUT2D eigenvalue weighted by Gasteiger charge is -2.03. The van der Waals surface area contributed by atoms with Crippen LogP contribution in [0.25, 0.3) is 0 Å². The van der Waals surface area contributed by atoms with E-state index in [4.69, 9.17) is 5.11 Å². The SMILES string of the molecule is Cn1ncnc1Sc1ccc(CO)cc1F. The first-order valence-corrected chi connectivity index (χ1v) is 5.43. The molecule has 0 aliphatic carbocycles. The summed E-state index contributed by atoms with van der Waals surface area (Å²) in [7, 11) is 1.75. The van der Waals surface area contributed by atoms with Crippen molar-refractivity contribution in [1.82, 2.24) is 14.8 Å². The van der Waals surface area contributed by atoms with Gasteiger partial charge in [0.25, 0.3) is 0 Å². The summed E-state index contributed by atoms with van der Waals surface area (Å²) in [5, 5.41) is 13.4. The molecule has 0 radical (unpaired) electrons. The maximum atomic E-state index is 13.6. The third kappa shape index (κ3) is 2.23. The molecule has 1 aromatic heterocycles. The Hall–Kier alpha value is -1.40. The van der Waals surface area contributed by atoms with Crippen molar-refractivity contribution in [3.63, 3.8) is 0 Å². The Morgan fingerprint density at radius 1 is 1.50 bits per heavy atom. The van der Waals surface area contributed by atoms with Crippen molar-refractivity contribution in [2.24, 2.45) is 7.05 Å². The first-order chi connectivity index (χ1) is 7.70. The Balaban J connectivity index is 2.25. The monoisotopic (exact) mass is 239 g/mol. The number of benzene rings is 1. The molecule has 0 fully saturated rings. The maximum absolute atomic E-state index is 13.6. The molecule has 6 heteroatoms. The Morgan fingerprint density at radius 3 is 2.88 bits per heavy atom. The zero-order valence-corrected chi connectivity index (χ0v) is 9.41. The predicted molar refractivity (Wildman–Crippen MR) is 57.4 cm³/mol. The van der Waals surface area contributed by atoms with Crippen molar-refractivity contribution >= 4 is 11.8 Å². The van der Waals surface area contributed by atoms with E-state index in [9.17, 15) is 4.39 Å². The van der Waals surface area contributed by atoms with Crippen LogP contribution in [0, 0.1) is 5.82 Å². The summed E-state index contributed by atoms with van der Waals surface area (Å²) in [4.78, 5) is 4.46. The highest BCUT2D eigenvalue weighted by molar-refractivity contribution is 7.99. The molecular weight excluding hydrogens is 229 g/mol. The van der Waals surface area contributed by atoms with Crippen LogP contribution in [0.1, 0.15) is 5.56 Å². The molecule has 1 aromatic carbocycles. The lowest BCUT2D eigenvalue weighted by molar-refractivity contribution is 0.281. The zero-order valence-electron chi connectivity index (χ0n) is 8.59. The highest BCUT2D eigenvalue weighted by Crippen LogP contribution is 2.28. The molecule has 0 saturated heterocycles. The van der Waals surface area contributed by atoms with Gasteiger partial charge in [-0.1, -0.05) is 6.07 Å². The summed E-state index contributed by atoms with van der Waals surface area (Å²) in [6.45, 7) is -0.161. The second-order valence-electron chi connectivity index (χ2n) is 3.19. The molecule has 2 aromatic rings. The van der Waals surface area contributed by atoms with E-state index in [2.05, 4.69) is 10.1 Å². The smallest absolute Gasteiger partial charge is 0.190 e. The predicted octanol–water partition coefficient (Wildman–Crippen LogP) is 1.60. The van der Waals surface area contributed by atoms with E-state index >= 15 is 0 Å². The van der Waals surface area contributed by atoms with Gasteiger partial charge in [-0.3, -0.25) is 0 Å². The second kappa shape index (κ2) is 4.63. The average Bonchev–Trinajstić information content (AvgIpc) is 2.67. The molecular formula is C10H10FN3OS. The Bertz CT molecular complexity index is 501. The normalized spacial score (nSPS) is 10.7. The fraction of sp³-hybridized carbons (Fsp3) is 0.200. The number of nitrogens with zero attached hydrogens (tertiary/aromatic N) is 3. The molecule has 1 N–H and O–H groups in total. The molecule has 0 aliphatic heterocycles. The van der Waals surface area contributed by atoms with Crippen LogP contribution in [0.3, 0.4) is 0 Å². The maximum Gasteiger partial charge on any atom is 0.190 e. The zero-order chi connectivity index (χ0) is 11.5. The molecule has 0 unspecified atom stereocenters. The van der Waals surface area contributed by atoms with Gasteiger partial charge in [-0.15, -0.1) is 0 Å². The summed E-state index contributed by atoms with van der Waals surface area (Å²) in [5.41, 5.74) is 0.555. The Kier molecular flexibility index (Phi) is 3.21. The molecule has 0 amide bonds. The number of hydrogen-bond donors (Lipinski definition) is 1. The number of aliphatic hydroxyl groups is 1.